The predicted molar refractivity (Wildman–Crippen MR) is 85.8 cm³/mol. The Kier molecular flexibility index (Phi) is 4.57. The van der Waals surface area contributed by atoms with Crippen molar-refractivity contribution in [1.82, 2.24) is 10.2 Å². The molecule has 0 bridgehead atoms. The molecule has 0 spiro atoms. The number of carbonyl (C=O) groups is 1. The van der Waals surface area contributed by atoms with E-state index in [0.717, 1.165) is 11.0 Å². The molecule has 0 fully saturated rings. The third-order valence-electron chi connectivity index (χ3n) is 3.14. The van der Waals surface area contributed by atoms with Gasteiger partial charge in [0.15, 0.2) is 0 Å². The lowest BCUT2D eigenvalue weighted by Gasteiger charge is -2.02. The number of anilines is 1. The highest BCUT2D eigenvalue weighted by atomic mass is 32.2. The Morgan fingerprint density at radius 1 is 1.17 bits per heavy atom. The van der Waals surface area contributed by atoms with Gasteiger partial charge in [-0.1, -0.05) is 11.2 Å². The molecule has 24 heavy (non-hydrogen) atoms. The zero-order chi connectivity index (χ0) is 17.1. The molecule has 1 aromatic heterocycles. The Morgan fingerprint density at radius 2 is 2.00 bits per heavy atom. The van der Waals surface area contributed by atoms with Gasteiger partial charge in [-0.3, -0.25) is 10.1 Å². The SMILES string of the molecule is CSc1cccc(C(=O)Nc2nnc(-c3ccc(F)cc3F)o2)c1. The van der Waals surface area contributed by atoms with Crippen LogP contribution in [0.3, 0.4) is 0 Å². The van der Waals surface area contributed by atoms with Crippen molar-refractivity contribution < 1.29 is 18.0 Å². The molecule has 122 valence electrons. The van der Waals surface area contributed by atoms with Crippen LogP contribution in [0.15, 0.2) is 51.8 Å². The third kappa shape index (κ3) is 3.43. The van der Waals surface area contributed by atoms with Gasteiger partial charge in [0, 0.05) is 16.5 Å². The number of halogens is 2. The minimum atomic E-state index is -0.829. The van der Waals surface area contributed by atoms with Gasteiger partial charge < -0.3 is 4.42 Å². The maximum Gasteiger partial charge on any atom is 0.322 e. The van der Waals surface area contributed by atoms with Crippen LogP contribution >= 0.6 is 11.8 Å². The molecule has 0 aliphatic heterocycles. The highest BCUT2D eigenvalue weighted by molar-refractivity contribution is 7.98. The fraction of sp³-hybridized carbons (Fsp3) is 0.0625. The maximum atomic E-state index is 13.7. The number of hydrogen-bond acceptors (Lipinski definition) is 5. The van der Waals surface area contributed by atoms with Gasteiger partial charge in [-0.05, 0) is 36.6 Å². The molecule has 5 nitrogen and oxygen atoms in total. The average Bonchev–Trinajstić information content (AvgIpc) is 3.03. The molecule has 0 saturated heterocycles. The van der Waals surface area contributed by atoms with Crippen LogP contribution in [0.1, 0.15) is 10.4 Å². The Hall–Kier alpha value is -2.74. The van der Waals surface area contributed by atoms with Gasteiger partial charge in [-0.25, -0.2) is 8.78 Å². The average molecular weight is 347 g/mol. The summed E-state index contributed by atoms with van der Waals surface area (Å²) >= 11 is 1.51. The van der Waals surface area contributed by atoms with Crippen LogP contribution in [0, 0.1) is 11.6 Å². The van der Waals surface area contributed by atoms with Gasteiger partial charge in [0.2, 0.25) is 0 Å². The Morgan fingerprint density at radius 3 is 2.75 bits per heavy atom. The van der Waals surface area contributed by atoms with E-state index in [1.807, 2.05) is 12.3 Å². The molecule has 1 amide bonds. The minimum Gasteiger partial charge on any atom is -0.403 e. The van der Waals surface area contributed by atoms with Crippen molar-refractivity contribution >= 4 is 23.7 Å². The van der Waals surface area contributed by atoms with E-state index in [9.17, 15) is 13.6 Å². The Labute approximate surface area is 140 Å². The summed E-state index contributed by atoms with van der Waals surface area (Å²) in [4.78, 5) is 13.1. The lowest BCUT2D eigenvalue weighted by Crippen LogP contribution is -2.12. The standard InChI is InChI=1S/C16H11F2N3O2S/c1-24-11-4-2-3-9(7-11)14(22)19-16-21-20-15(23-16)12-6-5-10(17)8-13(12)18/h2-8H,1H3,(H,19,21,22). The predicted octanol–water partition coefficient (Wildman–Crippen LogP) is 3.99. The second-order valence-electron chi connectivity index (χ2n) is 4.72. The summed E-state index contributed by atoms with van der Waals surface area (Å²) in [6, 6.07) is 9.81. The Bertz CT molecular complexity index is 899. The van der Waals surface area contributed by atoms with E-state index in [1.54, 1.807) is 18.2 Å². The molecule has 3 rings (SSSR count). The van der Waals surface area contributed by atoms with Crippen molar-refractivity contribution in [3.8, 4) is 11.5 Å². The lowest BCUT2D eigenvalue weighted by molar-refractivity contribution is 0.102. The number of thioether (sulfide) groups is 1. The first-order chi connectivity index (χ1) is 11.6. The van der Waals surface area contributed by atoms with E-state index in [4.69, 9.17) is 4.42 Å². The Balaban J connectivity index is 1.79. The molecular weight excluding hydrogens is 336 g/mol. The number of carbonyl (C=O) groups excluding carboxylic acids is 1. The zero-order valence-electron chi connectivity index (χ0n) is 12.4. The summed E-state index contributed by atoms with van der Waals surface area (Å²) < 4.78 is 31.8. The molecule has 0 saturated carbocycles. The van der Waals surface area contributed by atoms with Crippen LogP contribution in [-0.2, 0) is 0 Å². The first kappa shape index (κ1) is 16.1. The van der Waals surface area contributed by atoms with Crippen molar-refractivity contribution in [2.24, 2.45) is 0 Å². The molecule has 0 aliphatic carbocycles. The summed E-state index contributed by atoms with van der Waals surface area (Å²) in [6.45, 7) is 0. The van der Waals surface area contributed by atoms with Crippen LogP contribution in [0.5, 0.6) is 0 Å². The molecule has 0 radical (unpaired) electrons. The number of hydrogen-bond donors (Lipinski definition) is 1. The van der Waals surface area contributed by atoms with Crippen LogP contribution in [-0.4, -0.2) is 22.4 Å². The molecular formula is C16H11F2N3O2S. The van der Waals surface area contributed by atoms with E-state index in [1.165, 1.54) is 17.8 Å². The lowest BCUT2D eigenvalue weighted by atomic mass is 10.2. The summed E-state index contributed by atoms with van der Waals surface area (Å²) in [5.74, 6) is -2.12. The zero-order valence-corrected chi connectivity index (χ0v) is 13.2. The van der Waals surface area contributed by atoms with Gasteiger partial charge >= 0.3 is 6.01 Å². The number of benzene rings is 2. The quantitative estimate of drug-likeness (QED) is 0.723. The monoisotopic (exact) mass is 347 g/mol. The largest absolute Gasteiger partial charge is 0.403 e. The fourth-order valence-corrected chi connectivity index (χ4v) is 2.44. The highest BCUT2D eigenvalue weighted by Gasteiger charge is 2.16. The third-order valence-corrected chi connectivity index (χ3v) is 3.86. The molecule has 3 aromatic rings. The van der Waals surface area contributed by atoms with Gasteiger partial charge in [-0.2, -0.15) is 0 Å². The second kappa shape index (κ2) is 6.79. The van der Waals surface area contributed by atoms with E-state index in [-0.39, 0.29) is 17.5 Å². The molecule has 0 unspecified atom stereocenters. The van der Waals surface area contributed by atoms with Crippen molar-refractivity contribution in [1.29, 1.82) is 0 Å². The normalized spacial score (nSPS) is 10.6. The van der Waals surface area contributed by atoms with Gasteiger partial charge in [0.1, 0.15) is 11.6 Å². The number of amides is 1. The topological polar surface area (TPSA) is 68.0 Å². The number of aromatic nitrogens is 2. The van der Waals surface area contributed by atoms with Crippen molar-refractivity contribution in [2.75, 3.05) is 11.6 Å². The molecule has 8 heteroatoms. The number of nitrogens with zero attached hydrogens (tertiary/aromatic N) is 2. The first-order valence-electron chi connectivity index (χ1n) is 6.81. The molecule has 1 N–H and O–H groups in total. The summed E-state index contributed by atoms with van der Waals surface area (Å²) in [5, 5.41) is 9.75. The van der Waals surface area contributed by atoms with Crippen LogP contribution in [0.4, 0.5) is 14.8 Å². The van der Waals surface area contributed by atoms with Crippen molar-refractivity contribution in [2.45, 2.75) is 4.90 Å². The molecule has 0 atom stereocenters. The van der Waals surface area contributed by atoms with E-state index in [0.29, 0.717) is 11.6 Å². The second-order valence-corrected chi connectivity index (χ2v) is 5.60. The van der Waals surface area contributed by atoms with Gasteiger partial charge in [-0.15, -0.1) is 16.9 Å². The molecule has 1 heterocycles. The van der Waals surface area contributed by atoms with Crippen LogP contribution in [0.2, 0.25) is 0 Å². The van der Waals surface area contributed by atoms with E-state index in [2.05, 4.69) is 15.5 Å². The summed E-state index contributed by atoms with van der Waals surface area (Å²) in [5.41, 5.74) is 0.378. The molecule has 2 aromatic carbocycles. The first-order valence-corrected chi connectivity index (χ1v) is 8.03. The van der Waals surface area contributed by atoms with Crippen molar-refractivity contribution in [3.05, 3.63) is 59.7 Å². The molecule has 0 aliphatic rings. The minimum absolute atomic E-state index is 0.0474. The van der Waals surface area contributed by atoms with E-state index >= 15 is 0 Å². The highest BCUT2D eigenvalue weighted by Crippen LogP contribution is 2.24. The fourth-order valence-electron chi connectivity index (χ4n) is 1.98. The van der Waals surface area contributed by atoms with E-state index < -0.39 is 17.5 Å². The smallest absolute Gasteiger partial charge is 0.322 e. The number of nitrogens with one attached hydrogen (secondary N) is 1. The summed E-state index contributed by atoms with van der Waals surface area (Å²) in [7, 11) is 0. The van der Waals surface area contributed by atoms with Crippen LogP contribution in [0.25, 0.3) is 11.5 Å². The van der Waals surface area contributed by atoms with Gasteiger partial charge in [0.05, 0.1) is 5.56 Å². The van der Waals surface area contributed by atoms with Gasteiger partial charge in [0.25, 0.3) is 11.8 Å². The van der Waals surface area contributed by atoms with Crippen LogP contribution < -0.4 is 5.32 Å². The van der Waals surface area contributed by atoms with Crippen molar-refractivity contribution in [3.63, 3.8) is 0 Å². The maximum absolute atomic E-state index is 13.7. The summed E-state index contributed by atoms with van der Waals surface area (Å²) in [6.07, 6.45) is 1.90. The number of rotatable bonds is 4.